The van der Waals surface area contributed by atoms with Gasteiger partial charge in [-0.3, -0.25) is 4.90 Å². The van der Waals surface area contributed by atoms with Gasteiger partial charge in [-0.1, -0.05) is 12.1 Å². The van der Waals surface area contributed by atoms with Crippen molar-refractivity contribution in [2.45, 2.75) is 19.4 Å². The van der Waals surface area contributed by atoms with Crippen LogP contribution in [0.15, 0.2) is 24.3 Å². The maximum Gasteiger partial charge on any atom is 0.0991 e. The van der Waals surface area contributed by atoms with Crippen molar-refractivity contribution in [1.29, 1.82) is 5.26 Å². The normalized spacial score (nSPS) is 21.1. The van der Waals surface area contributed by atoms with Crippen molar-refractivity contribution in [3.05, 3.63) is 35.4 Å². The highest BCUT2D eigenvalue weighted by molar-refractivity contribution is 5.32. The van der Waals surface area contributed by atoms with Gasteiger partial charge >= 0.3 is 0 Å². The van der Waals surface area contributed by atoms with Crippen LogP contribution in [0.5, 0.6) is 0 Å². The Kier molecular flexibility index (Phi) is 4.13. The quantitative estimate of drug-likeness (QED) is 0.860. The predicted molar refractivity (Wildman–Crippen MR) is 66.2 cm³/mol. The molecule has 1 aromatic carbocycles. The van der Waals surface area contributed by atoms with Gasteiger partial charge in [-0.2, -0.15) is 5.26 Å². The smallest absolute Gasteiger partial charge is 0.0991 e. The average molecular weight is 230 g/mol. The molecule has 0 bridgehead atoms. The number of hydrogen-bond acceptors (Lipinski definition) is 3. The van der Waals surface area contributed by atoms with Crippen molar-refractivity contribution in [2.24, 2.45) is 5.92 Å². The summed E-state index contributed by atoms with van der Waals surface area (Å²) >= 11 is 0. The summed E-state index contributed by atoms with van der Waals surface area (Å²) in [5.41, 5.74) is 1.90. The Bertz CT molecular complexity index is 411. The van der Waals surface area contributed by atoms with Crippen LogP contribution in [-0.4, -0.2) is 29.7 Å². The monoisotopic (exact) mass is 230 g/mol. The minimum absolute atomic E-state index is 0.286. The summed E-state index contributed by atoms with van der Waals surface area (Å²) in [6, 6.07) is 9.93. The van der Waals surface area contributed by atoms with E-state index in [9.17, 15) is 5.11 Å². The Balaban J connectivity index is 1.98. The number of aliphatic hydroxyl groups excluding tert-OH is 1. The van der Waals surface area contributed by atoms with E-state index < -0.39 is 0 Å². The summed E-state index contributed by atoms with van der Waals surface area (Å²) < 4.78 is 0. The fraction of sp³-hybridized carbons (Fsp3) is 0.500. The number of nitrogens with zero attached hydrogens (tertiary/aromatic N) is 2. The third-order valence-electron chi connectivity index (χ3n) is 3.32. The lowest BCUT2D eigenvalue weighted by atomic mass is 9.98. The van der Waals surface area contributed by atoms with Gasteiger partial charge in [0, 0.05) is 19.7 Å². The maximum atomic E-state index is 9.19. The van der Waals surface area contributed by atoms with E-state index in [1.165, 1.54) is 5.56 Å². The summed E-state index contributed by atoms with van der Waals surface area (Å²) in [5.74, 6) is 0.419. The highest BCUT2D eigenvalue weighted by Gasteiger charge is 2.18. The summed E-state index contributed by atoms with van der Waals surface area (Å²) in [6.07, 6.45) is 2.29. The van der Waals surface area contributed by atoms with Gasteiger partial charge in [-0.15, -0.1) is 0 Å². The minimum Gasteiger partial charge on any atom is -0.396 e. The number of nitriles is 1. The average Bonchev–Trinajstić information content (AvgIpc) is 2.39. The molecule has 1 N–H and O–H groups in total. The second-order valence-electron chi connectivity index (χ2n) is 4.74. The third kappa shape index (κ3) is 3.29. The van der Waals surface area contributed by atoms with Crippen molar-refractivity contribution < 1.29 is 5.11 Å². The van der Waals surface area contributed by atoms with Gasteiger partial charge in [0.15, 0.2) is 0 Å². The van der Waals surface area contributed by atoms with E-state index in [4.69, 9.17) is 5.26 Å². The van der Waals surface area contributed by atoms with E-state index >= 15 is 0 Å². The van der Waals surface area contributed by atoms with E-state index in [-0.39, 0.29) is 6.61 Å². The first-order valence-corrected chi connectivity index (χ1v) is 6.14. The molecule has 0 amide bonds. The summed E-state index contributed by atoms with van der Waals surface area (Å²) in [4.78, 5) is 2.36. The molecule has 0 saturated carbocycles. The number of piperidine rings is 1. The lowest BCUT2D eigenvalue weighted by Crippen LogP contribution is -2.36. The highest BCUT2D eigenvalue weighted by atomic mass is 16.3. The van der Waals surface area contributed by atoms with E-state index in [1.54, 1.807) is 0 Å². The van der Waals surface area contributed by atoms with Crippen LogP contribution >= 0.6 is 0 Å². The Labute approximate surface area is 102 Å². The van der Waals surface area contributed by atoms with Crippen molar-refractivity contribution in [2.75, 3.05) is 19.7 Å². The van der Waals surface area contributed by atoms with Crippen LogP contribution < -0.4 is 0 Å². The summed E-state index contributed by atoms with van der Waals surface area (Å²) in [6.45, 7) is 3.22. The van der Waals surface area contributed by atoms with Crippen LogP contribution in [0.4, 0.5) is 0 Å². The van der Waals surface area contributed by atoms with Gasteiger partial charge in [-0.25, -0.2) is 0 Å². The van der Waals surface area contributed by atoms with Gasteiger partial charge in [0.2, 0.25) is 0 Å². The molecule has 0 spiro atoms. The molecule has 0 unspecified atom stereocenters. The SMILES string of the molecule is N#Cc1cccc(CN2CCC[C@H](CO)C2)c1. The maximum absolute atomic E-state index is 9.19. The first-order valence-electron chi connectivity index (χ1n) is 6.14. The van der Waals surface area contributed by atoms with Crippen LogP contribution in [0.3, 0.4) is 0 Å². The van der Waals surface area contributed by atoms with E-state index in [0.29, 0.717) is 5.92 Å². The standard InChI is InChI=1S/C14H18N2O/c15-8-12-3-1-4-13(7-12)9-16-6-2-5-14(10-16)11-17/h1,3-4,7,14,17H,2,5-6,9-11H2/t14-/m0/s1. The first-order chi connectivity index (χ1) is 8.31. The Hall–Kier alpha value is -1.37. The number of aliphatic hydroxyl groups is 1. The fourth-order valence-electron chi connectivity index (χ4n) is 2.44. The first kappa shape index (κ1) is 12.1. The van der Waals surface area contributed by atoms with Crippen molar-refractivity contribution in [3.8, 4) is 6.07 Å². The zero-order chi connectivity index (χ0) is 12.1. The number of benzene rings is 1. The van der Waals surface area contributed by atoms with Crippen LogP contribution in [-0.2, 0) is 6.54 Å². The zero-order valence-corrected chi connectivity index (χ0v) is 9.97. The molecule has 2 rings (SSSR count). The number of hydrogen-bond donors (Lipinski definition) is 1. The van der Waals surface area contributed by atoms with E-state index in [0.717, 1.165) is 38.0 Å². The molecule has 0 radical (unpaired) electrons. The fourth-order valence-corrected chi connectivity index (χ4v) is 2.44. The topological polar surface area (TPSA) is 47.3 Å². The molecule has 0 aromatic heterocycles. The van der Waals surface area contributed by atoms with Crippen LogP contribution in [0.2, 0.25) is 0 Å². The minimum atomic E-state index is 0.286. The second-order valence-corrected chi connectivity index (χ2v) is 4.74. The molecule has 0 aliphatic carbocycles. The predicted octanol–water partition coefficient (Wildman–Crippen LogP) is 1.76. The Morgan fingerprint density at radius 3 is 3.12 bits per heavy atom. The van der Waals surface area contributed by atoms with E-state index in [2.05, 4.69) is 17.0 Å². The van der Waals surface area contributed by atoms with Gasteiger partial charge in [0.05, 0.1) is 11.6 Å². The molecular formula is C14H18N2O. The zero-order valence-electron chi connectivity index (χ0n) is 9.97. The van der Waals surface area contributed by atoms with E-state index in [1.807, 2.05) is 18.2 Å². The molecule has 1 fully saturated rings. The highest BCUT2D eigenvalue weighted by Crippen LogP contribution is 2.18. The molecule has 3 heteroatoms. The van der Waals surface area contributed by atoms with Crippen molar-refractivity contribution >= 4 is 0 Å². The molecule has 1 heterocycles. The molecule has 1 aliphatic heterocycles. The van der Waals surface area contributed by atoms with Crippen molar-refractivity contribution in [3.63, 3.8) is 0 Å². The lowest BCUT2D eigenvalue weighted by molar-refractivity contribution is 0.116. The Morgan fingerprint density at radius 1 is 1.47 bits per heavy atom. The Morgan fingerprint density at radius 2 is 2.35 bits per heavy atom. The van der Waals surface area contributed by atoms with Gasteiger partial charge in [0.25, 0.3) is 0 Å². The number of likely N-dealkylation sites (tertiary alicyclic amines) is 1. The lowest BCUT2D eigenvalue weighted by Gasteiger charge is -2.31. The number of rotatable bonds is 3. The van der Waals surface area contributed by atoms with Gasteiger partial charge in [0.1, 0.15) is 0 Å². The molecule has 3 nitrogen and oxygen atoms in total. The van der Waals surface area contributed by atoms with Gasteiger partial charge in [-0.05, 0) is 43.0 Å². The van der Waals surface area contributed by atoms with Crippen molar-refractivity contribution in [1.82, 2.24) is 4.90 Å². The van der Waals surface area contributed by atoms with Crippen LogP contribution in [0.1, 0.15) is 24.0 Å². The van der Waals surface area contributed by atoms with Gasteiger partial charge < -0.3 is 5.11 Å². The third-order valence-corrected chi connectivity index (χ3v) is 3.32. The second kappa shape index (κ2) is 5.81. The van der Waals surface area contributed by atoms with Crippen LogP contribution in [0, 0.1) is 17.2 Å². The largest absolute Gasteiger partial charge is 0.396 e. The molecule has 1 atom stereocenters. The summed E-state index contributed by atoms with van der Waals surface area (Å²) in [5, 5.41) is 18.0. The molecule has 90 valence electrons. The molecule has 1 aliphatic rings. The molecular weight excluding hydrogens is 212 g/mol. The molecule has 1 saturated heterocycles. The molecule has 17 heavy (non-hydrogen) atoms. The van der Waals surface area contributed by atoms with Crippen LogP contribution in [0.25, 0.3) is 0 Å². The summed E-state index contributed by atoms with van der Waals surface area (Å²) in [7, 11) is 0. The molecule has 1 aromatic rings.